The molecule has 2 amide bonds. The fraction of sp³-hybridized carbons (Fsp3) is 0.310. The SMILES string of the molecule is CCCNC(=O)C(Cc1ccccc1)N(Cc1ccc(Cl)c(Cl)c1)C(=O)CN(c1ccc(OC)c(Cl)c1)S(C)(=O)=O. The van der Waals surface area contributed by atoms with E-state index >= 15 is 0 Å². The molecule has 3 aromatic carbocycles. The normalized spacial score (nSPS) is 12.0. The molecule has 1 atom stereocenters. The molecule has 0 aromatic heterocycles. The second kappa shape index (κ2) is 14.8. The molecule has 0 spiro atoms. The Bertz CT molecular complexity index is 1470. The number of hydrogen-bond acceptors (Lipinski definition) is 5. The Labute approximate surface area is 256 Å². The van der Waals surface area contributed by atoms with Gasteiger partial charge in [-0.05, 0) is 47.9 Å². The van der Waals surface area contributed by atoms with Crippen LogP contribution in [0.15, 0.2) is 66.7 Å². The second-order valence-corrected chi connectivity index (χ2v) is 12.5. The van der Waals surface area contributed by atoms with Crippen LogP contribution in [-0.2, 0) is 32.6 Å². The summed E-state index contributed by atoms with van der Waals surface area (Å²) in [6.45, 7) is 1.75. The summed E-state index contributed by atoms with van der Waals surface area (Å²) in [6.07, 6.45) is 1.90. The van der Waals surface area contributed by atoms with Crippen molar-refractivity contribution >= 4 is 62.3 Å². The number of nitrogens with zero attached hydrogens (tertiary/aromatic N) is 2. The lowest BCUT2D eigenvalue weighted by Crippen LogP contribution is -2.53. The van der Waals surface area contributed by atoms with Gasteiger partial charge in [0.25, 0.3) is 0 Å². The van der Waals surface area contributed by atoms with Crippen LogP contribution in [0, 0.1) is 0 Å². The molecule has 8 nitrogen and oxygen atoms in total. The van der Waals surface area contributed by atoms with Crippen LogP contribution >= 0.6 is 34.8 Å². The highest BCUT2D eigenvalue weighted by atomic mass is 35.5. The predicted octanol–water partition coefficient (Wildman–Crippen LogP) is 5.59. The number of rotatable bonds is 13. The number of benzene rings is 3. The Balaban J connectivity index is 2.07. The minimum Gasteiger partial charge on any atom is -0.495 e. The van der Waals surface area contributed by atoms with Crippen LogP contribution < -0.4 is 14.4 Å². The van der Waals surface area contributed by atoms with Crippen LogP contribution in [0.2, 0.25) is 15.1 Å². The Kier molecular flexibility index (Phi) is 11.7. The van der Waals surface area contributed by atoms with E-state index in [4.69, 9.17) is 39.5 Å². The Morgan fingerprint density at radius 1 is 0.927 bits per heavy atom. The Hall–Kier alpha value is -2.98. The number of ether oxygens (including phenoxy) is 1. The summed E-state index contributed by atoms with van der Waals surface area (Å²) in [5, 5.41) is 3.70. The monoisotopic (exact) mass is 639 g/mol. The highest BCUT2D eigenvalue weighted by Gasteiger charge is 2.33. The average Bonchev–Trinajstić information content (AvgIpc) is 2.93. The summed E-state index contributed by atoms with van der Waals surface area (Å²) in [4.78, 5) is 29.0. The van der Waals surface area contributed by atoms with Crippen LogP contribution in [0.4, 0.5) is 5.69 Å². The maximum absolute atomic E-state index is 14.1. The molecular formula is C29H32Cl3N3O5S. The molecular weight excluding hydrogens is 609 g/mol. The Morgan fingerprint density at radius 2 is 1.63 bits per heavy atom. The number of hydrogen-bond donors (Lipinski definition) is 1. The predicted molar refractivity (Wildman–Crippen MR) is 164 cm³/mol. The largest absolute Gasteiger partial charge is 0.495 e. The maximum Gasteiger partial charge on any atom is 0.244 e. The molecule has 0 aliphatic heterocycles. The van der Waals surface area contributed by atoms with Crippen LogP contribution in [0.25, 0.3) is 0 Å². The summed E-state index contributed by atoms with van der Waals surface area (Å²) >= 11 is 18.6. The molecule has 0 bridgehead atoms. The lowest BCUT2D eigenvalue weighted by atomic mass is 10.0. The Morgan fingerprint density at radius 3 is 2.22 bits per heavy atom. The van der Waals surface area contributed by atoms with E-state index in [0.29, 0.717) is 29.3 Å². The second-order valence-electron chi connectivity index (χ2n) is 9.36. The zero-order chi connectivity index (χ0) is 30.2. The van der Waals surface area contributed by atoms with Crippen molar-refractivity contribution in [2.24, 2.45) is 0 Å². The average molecular weight is 641 g/mol. The van der Waals surface area contributed by atoms with Gasteiger partial charge < -0.3 is 15.0 Å². The molecule has 0 aliphatic carbocycles. The summed E-state index contributed by atoms with van der Waals surface area (Å²) in [6, 6.07) is 17.7. The van der Waals surface area contributed by atoms with Gasteiger partial charge in [-0.2, -0.15) is 0 Å². The zero-order valence-corrected chi connectivity index (χ0v) is 26.0. The van der Waals surface area contributed by atoms with E-state index in [1.807, 2.05) is 37.3 Å². The van der Waals surface area contributed by atoms with Gasteiger partial charge in [0.15, 0.2) is 0 Å². The van der Waals surface area contributed by atoms with Crippen molar-refractivity contribution in [2.45, 2.75) is 32.4 Å². The van der Waals surface area contributed by atoms with Gasteiger partial charge in [-0.25, -0.2) is 8.42 Å². The van der Waals surface area contributed by atoms with Gasteiger partial charge in [0.2, 0.25) is 21.8 Å². The minimum atomic E-state index is -3.94. The third kappa shape index (κ3) is 9.00. The molecule has 3 aromatic rings. The quantitative estimate of drug-likeness (QED) is 0.263. The van der Waals surface area contributed by atoms with E-state index in [2.05, 4.69) is 5.32 Å². The van der Waals surface area contributed by atoms with Crippen molar-refractivity contribution in [2.75, 3.05) is 30.8 Å². The molecule has 0 fully saturated rings. The van der Waals surface area contributed by atoms with Crippen molar-refractivity contribution in [3.63, 3.8) is 0 Å². The van der Waals surface area contributed by atoms with Crippen molar-refractivity contribution in [1.82, 2.24) is 10.2 Å². The van der Waals surface area contributed by atoms with Gasteiger partial charge in [0, 0.05) is 19.5 Å². The standard InChI is InChI=1S/C29H32Cl3N3O5S/c1-4-14-33-29(37)26(16-20-8-6-5-7-9-20)34(18-21-10-12-23(30)24(31)15-21)28(36)19-35(41(3,38)39)22-11-13-27(40-2)25(32)17-22/h5-13,15,17,26H,4,14,16,18-19H2,1-3H3,(H,33,37). The highest BCUT2D eigenvalue weighted by Crippen LogP contribution is 2.31. The highest BCUT2D eigenvalue weighted by molar-refractivity contribution is 7.92. The molecule has 41 heavy (non-hydrogen) atoms. The number of carbonyl (C=O) groups excluding carboxylic acids is 2. The fourth-order valence-corrected chi connectivity index (χ4v) is 5.59. The summed E-state index contributed by atoms with van der Waals surface area (Å²) in [5.41, 5.74) is 1.63. The summed E-state index contributed by atoms with van der Waals surface area (Å²) in [7, 11) is -2.50. The maximum atomic E-state index is 14.1. The lowest BCUT2D eigenvalue weighted by molar-refractivity contribution is -0.140. The third-order valence-corrected chi connectivity index (χ3v) is 8.43. The molecule has 0 saturated carbocycles. The first-order valence-corrected chi connectivity index (χ1v) is 15.8. The minimum absolute atomic E-state index is 0.0201. The van der Waals surface area contributed by atoms with Crippen LogP contribution in [0.1, 0.15) is 24.5 Å². The molecule has 3 rings (SSSR count). The molecule has 12 heteroatoms. The number of carbonyl (C=O) groups is 2. The summed E-state index contributed by atoms with van der Waals surface area (Å²) < 4.78 is 31.9. The van der Waals surface area contributed by atoms with Crippen LogP contribution in [-0.4, -0.2) is 57.6 Å². The lowest BCUT2D eigenvalue weighted by Gasteiger charge is -2.33. The molecule has 1 unspecified atom stereocenters. The van der Waals surface area contributed by atoms with Crippen LogP contribution in [0.5, 0.6) is 5.75 Å². The third-order valence-electron chi connectivity index (χ3n) is 6.26. The molecule has 1 N–H and O–H groups in total. The number of amides is 2. The van der Waals surface area contributed by atoms with E-state index in [-0.39, 0.29) is 34.6 Å². The van der Waals surface area contributed by atoms with E-state index in [1.54, 1.807) is 18.2 Å². The van der Waals surface area contributed by atoms with E-state index in [9.17, 15) is 18.0 Å². The van der Waals surface area contributed by atoms with E-state index in [0.717, 1.165) is 16.1 Å². The van der Waals surface area contributed by atoms with Gasteiger partial charge in [0.05, 0.1) is 34.1 Å². The fourth-order valence-electron chi connectivity index (χ4n) is 4.18. The molecule has 0 aliphatic rings. The molecule has 0 saturated heterocycles. The first-order valence-electron chi connectivity index (χ1n) is 12.8. The molecule has 0 heterocycles. The van der Waals surface area contributed by atoms with Crippen molar-refractivity contribution in [3.05, 3.63) is 92.9 Å². The van der Waals surface area contributed by atoms with Gasteiger partial charge in [-0.3, -0.25) is 13.9 Å². The number of halogens is 3. The van der Waals surface area contributed by atoms with Crippen molar-refractivity contribution in [3.8, 4) is 5.75 Å². The molecule has 0 radical (unpaired) electrons. The number of sulfonamides is 1. The zero-order valence-electron chi connectivity index (χ0n) is 22.9. The first-order chi connectivity index (χ1) is 19.4. The van der Waals surface area contributed by atoms with Crippen molar-refractivity contribution in [1.29, 1.82) is 0 Å². The van der Waals surface area contributed by atoms with Crippen LogP contribution in [0.3, 0.4) is 0 Å². The summed E-state index contributed by atoms with van der Waals surface area (Å²) in [5.74, 6) is -0.601. The number of anilines is 1. The number of nitrogens with one attached hydrogen (secondary N) is 1. The van der Waals surface area contributed by atoms with Crippen molar-refractivity contribution < 1.29 is 22.7 Å². The topological polar surface area (TPSA) is 96.0 Å². The van der Waals surface area contributed by atoms with Gasteiger partial charge in [0.1, 0.15) is 18.3 Å². The van der Waals surface area contributed by atoms with Gasteiger partial charge in [-0.1, -0.05) is 78.1 Å². The first kappa shape index (κ1) is 32.5. The van der Waals surface area contributed by atoms with Gasteiger partial charge >= 0.3 is 0 Å². The smallest absolute Gasteiger partial charge is 0.244 e. The van der Waals surface area contributed by atoms with E-state index < -0.39 is 28.5 Å². The number of methoxy groups -OCH3 is 1. The van der Waals surface area contributed by atoms with E-state index in [1.165, 1.54) is 30.2 Å². The van der Waals surface area contributed by atoms with Gasteiger partial charge in [-0.15, -0.1) is 0 Å². The molecule has 220 valence electrons.